The van der Waals surface area contributed by atoms with Crippen molar-refractivity contribution in [3.05, 3.63) is 33.1 Å². The van der Waals surface area contributed by atoms with Gasteiger partial charge < -0.3 is 14.3 Å². The molecular formula is C16H27ClN2O5Si. The Balaban J connectivity index is 2.42. The van der Waals surface area contributed by atoms with Crippen LogP contribution in [0.4, 0.5) is 0 Å². The first-order valence-corrected chi connectivity index (χ1v) is 11.5. The molecule has 1 aliphatic rings. The summed E-state index contributed by atoms with van der Waals surface area (Å²) in [7, 11) is -2.19. The van der Waals surface area contributed by atoms with Crippen LogP contribution in [0.1, 0.15) is 33.9 Å². The summed E-state index contributed by atoms with van der Waals surface area (Å²) in [4.78, 5) is 24.5. The number of aliphatic hydroxyl groups excluding tert-OH is 1. The lowest BCUT2D eigenvalue weighted by molar-refractivity contribution is -0.0452. The van der Waals surface area contributed by atoms with E-state index in [1.54, 1.807) is 6.92 Å². The third-order valence-electron chi connectivity index (χ3n) is 5.19. The van der Waals surface area contributed by atoms with Gasteiger partial charge in [-0.2, -0.15) is 0 Å². The van der Waals surface area contributed by atoms with Gasteiger partial charge in [-0.05, 0) is 25.1 Å². The van der Waals surface area contributed by atoms with Crippen molar-refractivity contribution in [2.45, 2.75) is 69.1 Å². The fraction of sp³-hybridized carbons (Fsp3) is 0.750. The Morgan fingerprint density at radius 2 is 2.04 bits per heavy atom. The number of aromatic nitrogens is 2. The van der Waals surface area contributed by atoms with Crippen LogP contribution >= 0.6 is 11.6 Å². The third kappa shape index (κ3) is 3.78. The number of hydrogen-bond acceptors (Lipinski definition) is 5. The number of aromatic amines is 1. The summed E-state index contributed by atoms with van der Waals surface area (Å²) in [6.45, 7) is 12.0. The van der Waals surface area contributed by atoms with Crippen LogP contribution in [0.2, 0.25) is 18.1 Å². The second kappa shape index (κ2) is 6.66. The second-order valence-electron chi connectivity index (χ2n) is 8.18. The molecule has 1 aromatic heterocycles. The minimum atomic E-state index is -2.19. The van der Waals surface area contributed by atoms with Gasteiger partial charge >= 0.3 is 5.69 Å². The molecule has 4 atom stereocenters. The predicted molar refractivity (Wildman–Crippen MR) is 98.6 cm³/mol. The van der Waals surface area contributed by atoms with Crippen LogP contribution in [-0.4, -0.2) is 46.7 Å². The average molecular weight is 391 g/mol. The van der Waals surface area contributed by atoms with E-state index in [1.165, 1.54) is 16.8 Å². The number of alkyl halides is 1. The largest absolute Gasteiger partial charge is 0.409 e. The number of nitrogens with one attached hydrogen (secondary N) is 1. The maximum atomic E-state index is 12.1. The van der Waals surface area contributed by atoms with E-state index in [0.29, 0.717) is 0 Å². The molecule has 1 saturated heterocycles. The van der Waals surface area contributed by atoms with Crippen LogP contribution in [0, 0.1) is 0 Å². The van der Waals surface area contributed by atoms with Gasteiger partial charge in [0.2, 0.25) is 0 Å². The molecule has 25 heavy (non-hydrogen) atoms. The van der Waals surface area contributed by atoms with Crippen molar-refractivity contribution in [1.82, 2.24) is 9.55 Å². The first-order chi connectivity index (χ1) is 11.3. The molecule has 1 aromatic rings. The van der Waals surface area contributed by atoms with Crippen molar-refractivity contribution in [3.63, 3.8) is 0 Å². The van der Waals surface area contributed by atoms with E-state index >= 15 is 0 Å². The highest BCUT2D eigenvalue weighted by Crippen LogP contribution is 2.47. The van der Waals surface area contributed by atoms with Crippen LogP contribution in [0.25, 0.3) is 0 Å². The van der Waals surface area contributed by atoms with Crippen LogP contribution in [0.3, 0.4) is 0 Å². The minimum Gasteiger partial charge on any atom is -0.409 e. The number of H-pyrrole nitrogens is 1. The highest BCUT2D eigenvalue weighted by atomic mass is 35.5. The topological polar surface area (TPSA) is 93.5 Å². The molecule has 2 heterocycles. The summed E-state index contributed by atoms with van der Waals surface area (Å²) in [6.07, 6.45) is -0.787. The third-order valence-corrected chi connectivity index (χ3v) is 10.0. The number of rotatable bonds is 4. The van der Waals surface area contributed by atoms with Crippen molar-refractivity contribution in [3.8, 4) is 0 Å². The molecule has 0 amide bonds. The highest BCUT2D eigenvalue weighted by molar-refractivity contribution is 6.74. The maximum Gasteiger partial charge on any atom is 0.330 e. The van der Waals surface area contributed by atoms with Gasteiger partial charge in [-0.15, -0.1) is 11.6 Å². The van der Waals surface area contributed by atoms with Crippen LogP contribution < -0.4 is 11.2 Å². The van der Waals surface area contributed by atoms with Crippen LogP contribution in [-0.2, 0) is 9.16 Å². The molecular weight excluding hydrogens is 364 g/mol. The van der Waals surface area contributed by atoms with E-state index in [-0.39, 0.29) is 11.6 Å². The Morgan fingerprint density at radius 3 is 2.52 bits per heavy atom. The summed E-state index contributed by atoms with van der Waals surface area (Å²) in [5.41, 5.74) is -1.11. The Labute approximate surface area is 153 Å². The van der Waals surface area contributed by atoms with Crippen LogP contribution in [0.5, 0.6) is 0 Å². The monoisotopic (exact) mass is 390 g/mol. The first kappa shape index (κ1) is 20.4. The Morgan fingerprint density at radius 1 is 1.44 bits per heavy atom. The first-order valence-electron chi connectivity index (χ1n) is 8.26. The number of aliphatic hydroxyl groups is 1. The fourth-order valence-corrected chi connectivity index (χ4v) is 4.45. The summed E-state index contributed by atoms with van der Waals surface area (Å²) >= 11 is 6.78. The smallest absolute Gasteiger partial charge is 0.330 e. The summed E-state index contributed by atoms with van der Waals surface area (Å²) in [5, 5.41) is 9.70. The van der Waals surface area contributed by atoms with E-state index in [9.17, 15) is 14.7 Å². The lowest BCUT2D eigenvalue weighted by atomic mass is 10.0. The van der Waals surface area contributed by atoms with E-state index < -0.39 is 42.9 Å². The quantitative estimate of drug-likeness (QED) is 0.604. The van der Waals surface area contributed by atoms with Crippen molar-refractivity contribution in [2.24, 2.45) is 0 Å². The molecule has 2 N–H and O–H groups in total. The molecule has 9 heteroatoms. The molecule has 0 aromatic carbocycles. The Kier molecular flexibility index (Phi) is 5.43. The Bertz CT molecular complexity index is 737. The van der Waals surface area contributed by atoms with Crippen molar-refractivity contribution < 1.29 is 14.3 Å². The molecule has 142 valence electrons. The second-order valence-corrected chi connectivity index (χ2v) is 13.7. The lowest BCUT2D eigenvalue weighted by Gasteiger charge is -2.42. The number of halogens is 1. The SMILES string of the molecule is CC(C)(C)[Si](C)(C)O[C@@H]1[C@@H](CO)O[C@@H](n2ccc(=O)[nH]c2=O)[C@]1(C)Cl. The zero-order chi connectivity index (χ0) is 19.2. The van der Waals surface area contributed by atoms with E-state index in [4.69, 9.17) is 20.8 Å². The molecule has 0 unspecified atom stereocenters. The van der Waals surface area contributed by atoms with Gasteiger partial charge in [0.05, 0.1) is 12.7 Å². The molecule has 0 bridgehead atoms. The van der Waals surface area contributed by atoms with Gasteiger partial charge in [0, 0.05) is 12.3 Å². The van der Waals surface area contributed by atoms with E-state index in [2.05, 4.69) is 38.8 Å². The predicted octanol–water partition coefficient (Wildman–Crippen LogP) is 1.81. The van der Waals surface area contributed by atoms with E-state index in [1.807, 2.05) is 0 Å². The van der Waals surface area contributed by atoms with Crippen molar-refractivity contribution in [2.75, 3.05) is 6.61 Å². The zero-order valence-electron chi connectivity index (χ0n) is 15.5. The molecule has 0 spiro atoms. The van der Waals surface area contributed by atoms with Gasteiger partial charge in [-0.1, -0.05) is 20.8 Å². The summed E-state index contributed by atoms with van der Waals surface area (Å²) in [5.74, 6) is 0. The molecule has 0 aliphatic carbocycles. The van der Waals surface area contributed by atoms with Crippen LogP contribution in [0.15, 0.2) is 21.9 Å². The van der Waals surface area contributed by atoms with Crippen molar-refractivity contribution in [1.29, 1.82) is 0 Å². The van der Waals surface area contributed by atoms with Crippen molar-refractivity contribution >= 4 is 19.9 Å². The lowest BCUT2D eigenvalue weighted by Crippen LogP contribution is -2.52. The van der Waals surface area contributed by atoms with E-state index in [0.717, 1.165) is 0 Å². The van der Waals surface area contributed by atoms with Gasteiger partial charge in [0.15, 0.2) is 14.5 Å². The van der Waals surface area contributed by atoms with Gasteiger partial charge in [0.25, 0.3) is 5.56 Å². The number of hydrogen-bond donors (Lipinski definition) is 2. The number of nitrogens with zero attached hydrogens (tertiary/aromatic N) is 1. The molecule has 0 saturated carbocycles. The molecule has 2 rings (SSSR count). The standard InChI is InChI=1S/C16H27ClN2O5Si/c1-15(2,3)25(5,6)24-12-10(9-20)23-13(16(12,4)17)19-8-7-11(21)18-14(19)22/h7-8,10,12-13,20H,9H2,1-6H3,(H,18,21,22)/t10-,12-,13-,16-/m1/s1. The highest BCUT2D eigenvalue weighted by Gasteiger charge is 2.57. The zero-order valence-corrected chi connectivity index (χ0v) is 17.3. The average Bonchev–Trinajstić information content (AvgIpc) is 2.69. The summed E-state index contributed by atoms with van der Waals surface area (Å²) < 4.78 is 13.5. The molecule has 0 radical (unpaired) electrons. The fourth-order valence-electron chi connectivity index (χ4n) is 2.65. The number of ether oxygens (including phenoxy) is 1. The summed E-state index contributed by atoms with van der Waals surface area (Å²) in [6, 6.07) is 1.23. The maximum absolute atomic E-state index is 12.1. The van der Waals surface area contributed by atoms with Gasteiger partial charge in [-0.3, -0.25) is 14.3 Å². The molecule has 1 fully saturated rings. The Hall–Kier alpha value is -0.933. The minimum absolute atomic E-state index is 0.0487. The van der Waals surface area contributed by atoms with Gasteiger partial charge in [-0.25, -0.2) is 4.79 Å². The molecule has 7 nitrogen and oxygen atoms in total. The van der Waals surface area contributed by atoms with Gasteiger partial charge in [0.1, 0.15) is 11.0 Å². The molecule has 1 aliphatic heterocycles. The normalized spacial score (nSPS) is 30.6.